The van der Waals surface area contributed by atoms with Crippen molar-refractivity contribution < 1.29 is 9.53 Å². The molecule has 0 radical (unpaired) electrons. The van der Waals surface area contributed by atoms with Crippen LogP contribution in [0.3, 0.4) is 0 Å². The summed E-state index contributed by atoms with van der Waals surface area (Å²) in [6.45, 7) is 7.66. The number of hydrogen-bond donors (Lipinski definition) is 3. The summed E-state index contributed by atoms with van der Waals surface area (Å²) in [6.07, 6.45) is 6.43. The number of guanidine groups is 1. The molecule has 0 heterocycles. The molecule has 6 heteroatoms. The number of nitrogens with one attached hydrogen (secondary N) is 3. The van der Waals surface area contributed by atoms with Crippen molar-refractivity contribution in [1.29, 1.82) is 0 Å². The van der Waals surface area contributed by atoms with Gasteiger partial charge in [0.25, 0.3) is 0 Å². The first-order chi connectivity index (χ1) is 10.4. The standard InChI is InChI=1S/C16H32N4O2/c1-16(2,3)20-14(21)12-19-15(17-4)18-10-7-11-22-13-8-5-6-9-13/h13H,5-12H2,1-4H3,(H,20,21)(H2,17,18,19). The number of rotatable bonds is 7. The molecule has 1 aliphatic carbocycles. The third-order valence-electron chi connectivity index (χ3n) is 3.42. The van der Waals surface area contributed by atoms with Crippen LogP contribution in [0.4, 0.5) is 0 Å². The Labute approximate surface area is 134 Å². The number of carbonyl (C=O) groups excluding carboxylic acids is 1. The number of hydrogen-bond acceptors (Lipinski definition) is 3. The fraction of sp³-hybridized carbons (Fsp3) is 0.875. The molecule has 0 bridgehead atoms. The van der Waals surface area contributed by atoms with E-state index in [0.717, 1.165) is 19.6 Å². The second kappa shape index (κ2) is 9.66. The molecule has 128 valence electrons. The number of carbonyl (C=O) groups is 1. The van der Waals surface area contributed by atoms with E-state index >= 15 is 0 Å². The summed E-state index contributed by atoms with van der Waals surface area (Å²) in [5, 5.41) is 9.10. The highest BCUT2D eigenvalue weighted by Gasteiger charge is 2.15. The topological polar surface area (TPSA) is 74.8 Å². The molecule has 0 saturated heterocycles. The smallest absolute Gasteiger partial charge is 0.239 e. The van der Waals surface area contributed by atoms with E-state index in [9.17, 15) is 4.79 Å². The van der Waals surface area contributed by atoms with Gasteiger partial charge in [0, 0.05) is 25.7 Å². The lowest BCUT2D eigenvalue weighted by atomic mass is 10.1. The van der Waals surface area contributed by atoms with Gasteiger partial charge in [-0.05, 0) is 40.0 Å². The summed E-state index contributed by atoms with van der Waals surface area (Å²) in [7, 11) is 1.70. The highest BCUT2D eigenvalue weighted by atomic mass is 16.5. The van der Waals surface area contributed by atoms with Gasteiger partial charge in [-0.1, -0.05) is 12.8 Å². The van der Waals surface area contributed by atoms with Gasteiger partial charge in [-0.25, -0.2) is 0 Å². The van der Waals surface area contributed by atoms with Crippen molar-refractivity contribution in [3.8, 4) is 0 Å². The number of ether oxygens (including phenoxy) is 1. The molecule has 0 atom stereocenters. The van der Waals surface area contributed by atoms with Crippen molar-refractivity contribution >= 4 is 11.9 Å². The predicted molar refractivity (Wildman–Crippen MR) is 90.1 cm³/mol. The molecule has 22 heavy (non-hydrogen) atoms. The molecule has 0 aromatic rings. The van der Waals surface area contributed by atoms with Crippen molar-refractivity contribution in [2.24, 2.45) is 4.99 Å². The molecule has 3 N–H and O–H groups in total. The van der Waals surface area contributed by atoms with Gasteiger partial charge in [0.15, 0.2) is 5.96 Å². The Hall–Kier alpha value is -1.30. The minimum atomic E-state index is -0.215. The van der Waals surface area contributed by atoms with Crippen LogP contribution in [0.2, 0.25) is 0 Å². The Balaban J connectivity index is 2.08. The van der Waals surface area contributed by atoms with Gasteiger partial charge in [0.05, 0.1) is 12.6 Å². The van der Waals surface area contributed by atoms with Gasteiger partial charge in [-0.15, -0.1) is 0 Å². The van der Waals surface area contributed by atoms with Crippen molar-refractivity contribution in [1.82, 2.24) is 16.0 Å². The SMILES string of the molecule is CN=C(NCCCOC1CCCC1)NCC(=O)NC(C)(C)C. The van der Waals surface area contributed by atoms with Gasteiger partial charge in [0.1, 0.15) is 0 Å². The van der Waals surface area contributed by atoms with Gasteiger partial charge < -0.3 is 20.7 Å². The first-order valence-electron chi connectivity index (χ1n) is 8.28. The van der Waals surface area contributed by atoms with E-state index in [-0.39, 0.29) is 18.0 Å². The first-order valence-corrected chi connectivity index (χ1v) is 8.28. The molecule has 6 nitrogen and oxygen atoms in total. The van der Waals surface area contributed by atoms with Crippen LogP contribution in [0, 0.1) is 0 Å². The fourth-order valence-corrected chi connectivity index (χ4v) is 2.43. The molecule has 1 fully saturated rings. The van der Waals surface area contributed by atoms with Crippen LogP contribution < -0.4 is 16.0 Å². The average molecular weight is 312 g/mol. The molecule has 0 unspecified atom stereocenters. The molecule has 0 aromatic carbocycles. The number of aliphatic imine (C=N–C) groups is 1. The number of amides is 1. The van der Waals surface area contributed by atoms with Gasteiger partial charge in [-0.2, -0.15) is 0 Å². The largest absolute Gasteiger partial charge is 0.378 e. The van der Waals surface area contributed by atoms with Crippen LogP contribution in [0.1, 0.15) is 52.9 Å². The van der Waals surface area contributed by atoms with E-state index in [1.165, 1.54) is 25.7 Å². The Morgan fingerprint density at radius 1 is 1.23 bits per heavy atom. The van der Waals surface area contributed by atoms with E-state index in [4.69, 9.17) is 4.74 Å². The molecular formula is C16H32N4O2. The minimum Gasteiger partial charge on any atom is -0.378 e. The molecule has 0 aromatic heterocycles. The van der Waals surface area contributed by atoms with Crippen molar-refractivity contribution in [3.63, 3.8) is 0 Å². The summed E-state index contributed by atoms with van der Waals surface area (Å²) in [5.74, 6) is 0.602. The average Bonchev–Trinajstić information content (AvgIpc) is 2.93. The highest BCUT2D eigenvalue weighted by Crippen LogP contribution is 2.20. The molecule has 1 aliphatic rings. The maximum absolute atomic E-state index is 11.7. The van der Waals surface area contributed by atoms with Crippen LogP contribution in [-0.2, 0) is 9.53 Å². The lowest BCUT2D eigenvalue weighted by Crippen LogP contribution is -2.48. The Morgan fingerprint density at radius 3 is 2.50 bits per heavy atom. The minimum absolute atomic E-state index is 0.0417. The van der Waals surface area contributed by atoms with Gasteiger partial charge in [-0.3, -0.25) is 9.79 Å². The van der Waals surface area contributed by atoms with E-state index in [2.05, 4.69) is 20.9 Å². The summed E-state index contributed by atoms with van der Waals surface area (Å²) < 4.78 is 5.81. The second-order valence-electron chi connectivity index (χ2n) is 6.78. The lowest BCUT2D eigenvalue weighted by molar-refractivity contribution is -0.121. The van der Waals surface area contributed by atoms with E-state index in [0.29, 0.717) is 12.1 Å². The summed E-state index contributed by atoms with van der Waals surface area (Å²) in [5.41, 5.74) is -0.215. The van der Waals surface area contributed by atoms with Crippen LogP contribution in [0.5, 0.6) is 0 Å². The Bertz CT molecular complexity index is 358. The molecule has 0 spiro atoms. The zero-order chi connectivity index (χ0) is 16.4. The van der Waals surface area contributed by atoms with Crippen LogP contribution in [0.15, 0.2) is 4.99 Å². The van der Waals surface area contributed by atoms with Crippen LogP contribution in [0.25, 0.3) is 0 Å². The number of nitrogens with zero attached hydrogens (tertiary/aromatic N) is 1. The summed E-state index contributed by atoms with van der Waals surface area (Å²) in [4.78, 5) is 15.8. The molecule has 1 saturated carbocycles. The molecule has 1 rings (SSSR count). The highest BCUT2D eigenvalue weighted by molar-refractivity contribution is 5.86. The predicted octanol–water partition coefficient (Wildman–Crippen LogP) is 1.42. The third-order valence-corrected chi connectivity index (χ3v) is 3.42. The molecule has 1 amide bonds. The second-order valence-corrected chi connectivity index (χ2v) is 6.78. The summed E-state index contributed by atoms with van der Waals surface area (Å²) in [6, 6.07) is 0. The van der Waals surface area contributed by atoms with Gasteiger partial charge >= 0.3 is 0 Å². The monoisotopic (exact) mass is 312 g/mol. The third kappa shape index (κ3) is 8.87. The molecular weight excluding hydrogens is 280 g/mol. The molecule has 0 aliphatic heterocycles. The van der Waals surface area contributed by atoms with Gasteiger partial charge in [0.2, 0.25) is 5.91 Å². The van der Waals surface area contributed by atoms with E-state index in [1.54, 1.807) is 7.05 Å². The van der Waals surface area contributed by atoms with E-state index in [1.807, 2.05) is 20.8 Å². The van der Waals surface area contributed by atoms with Crippen molar-refractivity contribution in [3.05, 3.63) is 0 Å². The first kappa shape index (κ1) is 18.7. The van der Waals surface area contributed by atoms with Crippen LogP contribution >= 0.6 is 0 Å². The van der Waals surface area contributed by atoms with Crippen molar-refractivity contribution in [2.45, 2.75) is 64.5 Å². The summed E-state index contributed by atoms with van der Waals surface area (Å²) >= 11 is 0. The fourth-order valence-electron chi connectivity index (χ4n) is 2.43. The van der Waals surface area contributed by atoms with Crippen molar-refractivity contribution in [2.75, 3.05) is 26.7 Å². The lowest BCUT2D eigenvalue weighted by Gasteiger charge is -2.21. The zero-order valence-corrected chi connectivity index (χ0v) is 14.5. The quantitative estimate of drug-likeness (QED) is 0.377. The Morgan fingerprint density at radius 2 is 1.91 bits per heavy atom. The normalized spacial score (nSPS) is 16.6. The van der Waals surface area contributed by atoms with E-state index < -0.39 is 0 Å². The zero-order valence-electron chi connectivity index (χ0n) is 14.5. The maximum Gasteiger partial charge on any atom is 0.239 e. The van der Waals surface area contributed by atoms with Crippen LogP contribution in [-0.4, -0.2) is 50.3 Å². The Kier molecular flexibility index (Phi) is 8.24. The maximum atomic E-state index is 11.7.